The maximum Gasteiger partial charge on any atom is 0.153 e. The Hall–Kier alpha value is -0.720. The maximum atomic E-state index is 4.03. The second-order valence-electron chi connectivity index (χ2n) is 4.03. The molecule has 4 nitrogen and oxygen atoms in total. The molecule has 1 atom stereocenters. The largest absolute Gasteiger partial charge is 0.311 e. The Morgan fingerprint density at radius 2 is 2.06 bits per heavy atom. The molecule has 96 valence electrons. The van der Waals surface area contributed by atoms with Crippen molar-refractivity contribution in [1.29, 1.82) is 0 Å². The zero-order valence-corrected chi connectivity index (χ0v) is 13.4. The molecule has 0 aliphatic carbocycles. The fraction of sp³-hybridized carbons (Fsp3) is 0.333. The second kappa shape index (κ2) is 5.95. The first kappa shape index (κ1) is 13.7. The van der Waals surface area contributed by atoms with Gasteiger partial charge in [-0.15, -0.1) is 5.10 Å². The number of halogens is 2. The Bertz CT molecular complexity index is 519. The SMILES string of the molecule is CNC(Cc1ccccc1Br)c1c(Br)nnn1C. The number of nitrogens with one attached hydrogen (secondary N) is 1. The number of benzene rings is 1. The van der Waals surface area contributed by atoms with Gasteiger partial charge in [-0.3, -0.25) is 0 Å². The van der Waals surface area contributed by atoms with E-state index in [0.29, 0.717) is 0 Å². The highest BCUT2D eigenvalue weighted by Crippen LogP contribution is 2.26. The average molecular weight is 374 g/mol. The Kier molecular flexibility index (Phi) is 4.53. The minimum atomic E-state index is 0.165. The Morgan fingerprint density at radius 3 is 2.61 bits per heavy atom. The quantitative estimate of drug-likeness (QED) is 0.895. The van der Waals surface area contributed by atoms with Crippen LogP contribution in [0.2, 0.25) is 0 Å². The molecule has 0 amide bonds. The lowest BCUT2D eigenvalue weighted by atomic mass is 10.0. The summed E-state index contributed by atoms with van der Waals surface area (Å²) in [5, 5.41) is 11.4. The van der Waals surface area contributed by atoms with E-state index in [-0.39, 0.29) is 6.04 Å². The number of likely N-dealkylation sites (N-methyl/N-ethyl adjacent to an activating group) is 1. The Morgan fingerprint density at radius 1 is 1.33 bits per heavy atom. The zero-order chi connectivity index (χ0) is 13.1. The molecule has 2 rings (SSSR count). The van der Waals surface area contributed by atoms with Crippen LogP contribution in [0.5, 0.6) is 0 Å². The van der Waals surface area contributed by atoms with Crippen molar-refractivity contribution in [3.05, 3.63) is 44.6 Å². The van der Waals surface area contributed by atoms with E-state index < -0.39 is 0 Å². The first-order chi connectivity index (χ1) is 8.63. The standard InChI is InChI=1S/C12H14Br2N4/c1-15-10(11-12(14)16-17-18(11)2)7-8-5-3-4-6-9(8)13/h3-6,10,15H,7H2,1-2H3. The maximum absolute atomic E-state index is 4.03. The average Bonchev–Trinajstić information content (AvgIpc) is 2.69. The van der Waals surface area contributed by atoms with Gasteiger partial charge < -0.3 is 5.32 Å². The third-order valence-electron chi connectivity index (χ3n) is 2.89. The van der Waals surface area contributed by atoms with Crippen molar-refractivity contribution in [1.82, 2.24) is 20.3 Å². The molecule has 2 aromatic rings. The van der Waals surface area contributed by atoms with Crippen LogP contribution in [0, 0.1) is 0 Å². The lowest BCUT2D eigenvalue weighted by Crippen LogP contribution is -2.22. The van der Waals surface area contributed by atoms with Gasteiger partial charge in [0, 0.05) is 11.5 Å². The monoisotopic (exact) mass is 372 g/mol. The molecule has 1 N–H and O–H groups in total. The van der Waals surface area contributed by atoms with Crippen molar-refractivity contribution in [3.63, 3.8) is 0 Å². The summed E-state index contributed by atoms with van der Waals surface area (Å²) in [5.41, 5.74) is 2.30. The summed E-state index contributed by atoms with van der Waals surface area (Å²) in [7, 11) is 3.85. The van der Waals surface area contributed by atoms with Crippen LogP contribution in [0.4, 0.5) is 0 Å². The van der Waals surface area contributed by atoms with Gasteiger partial charge >= 0.3 is 0 Å². The highest BCUT2D eigenvalue weighted by atomic mass is 79.9. The van der Waals surface area contributed by atoms with Crippen LogP contribution in [-0.4, -0.2) is 22.0 Å². The smallest absolute Gasteiger partial charge is 0.153 e. The summed E-state index contributed by atoms with van der Waals surface area (Å²) < 4.78 is 3.70. The van der Waals surface area contributed by atoms with Crippen LogP contribution in [0.3, 0.4) is 0 Å². The molecule has 0 spiro atoms. The van der Waals surface area contributed by atoms with Gasteiger partial charge in [-0.1, -0.05) is 39.3 Å². The van der Waals surface area contributed by atoms with Crippen molar-refractivity contribution in [2.24, 2.45) is 7.05 Å². The van der Waals surface area contributed by atoms with E-state index >= 15 is 0 Å². The number of aromatic nitrogens is 3. The highest BCUT2D eigenvalue weighted by Gasteiger charge is 2.19. The van der Waals surface area contributed by atoms with E-state index in [2.05, 4.69) is 59.6 Å². The minimum Gasteiger partial charge on any atom is -0.311 e. The van der Waals surface area contributed by atoms with E-state index in [1.165, 1.54) is 5.56 Å². The molecule has 0 fully saturated rings. The topological polar surface area (TPSA) is 42.7 Å². The van der Waals surface area contributed by atoms with Gasteiger partial charge in [0.15, 0.2) is 4.60 Å². The zero-order valence-electron chi connectivity index (χ0n) is 10.2. The molecule has 0 saturated carbocycles. The van der Waals surface area contributed by atoms with Crippen LogP contribution >= 0.6 is 31.9 Å². The fourth-order valence-electron chi connectivity index (χ4n) is 1.93. The van der Waals surface area contributed by atoms with Gasteiger partial charge in [-0.2, -0.15) is 0 Å². The molecule has 6 heteroatoms. The fourth-order valence-corrected chi connectivity index (χ4v) is 2.98. The summed E-state index contributed by atoms with van der Waals surface area (Å²) in [6.07, 6.45) is 0.873. The summed E-state index contributed by atoms with van der Waals surface area (Å²) in [4.78, 5) is 0. The Labute approximate surface area is 123 Å². The minimum absolute atomic E-state index is 0.165. The van der Waals surface area contributed by atoms with Crippen molar-refractivity contribution < 1.29 is 0 Å². The van der Waals surface area contributed by atoms with Gasteiger partial charge in [0.1, 0.15) is 0 Å². The first-order valence-electron chi connectivity index (χ1n) is 5.59. The number of aryl methyl sites for hydroxylation is 1. The molecule has 1 aromatic heterocycles. The number of rotatable bonds is 4. The Balaban J connectivity index is 2.28. The third kappa shape index (κ3) is 2.81. The molecule has 0 aliphatic rings. The van der Waals surface area contributed by atoms with Crippen LogP contribution < -0.4 is 5.32 Å². The lowest BCUT2D eigenvalue weighted by molar-refractivity contribution is 0.532. The number of hydrogen-bond acceptors (Lipinski definition) is 3. The van der Waals surface area contributed by atoms with E-state index in [9.17, 15) is 0 Å². The van der Waals surface area contributed by atoms with Crippen LogP contribution in [0.25, 0.3) is 0 Å². The second-order valence-corrected chi connectivity index (χ2v) is 5.63. The van der Waals surface area contributed by atoms with E-state index in [0.717, 1.165) is 21.2 Å². The van der Waals surface area contributed by atoms with Crippen molar-refractivity contribution >= 4 is 31.9 Å². The summed E-state index contributed by atoms with van der Waals surface area (Å²) in [6.45, 7) is 0. The molecule has 0 bridgehead atoms. The summed E-state index contributed by atoms with van der Waals surface area (Å²) in [6, 6.07) is 8.40. The van der Waals surface area contributed by atoms with Crippen molar-refractivity contribution in [2.45, 2.75) is 12.5 Å². The van der Waals surface area contributed by atoms with Crippen molar-refractivity contribution in [3.8, 4) is 0 Å². The first-order valence-corrected chi connectivity index (χ1v) is 7.17. The summed E-state index contributed by atoms with van der Waals surface area (Å²) in [5.74, 6) is 0. The molecule has 1 unspecified atom stereocenters. The molecule has 0 aliphatic heterocycles. The number of nitrogens with zero attached hydrogens (tertiary/aromatic N) is 3. The van der Waals surface area contributed by atoms with Crippen LogP contribution in [0.15, 0.2) is 33.3 Å². The van der Waals surface area contributed by atoms with E-state index in [1.54, 1.807) is 4.68 Å². The predicted octanol–water partition coefficient (Wildman–Crippen LogP) is 2.84. The van der Waals surface area contributed by atoms with Gasteiger partial charge in [-0.05, 0) is 41.0 Å². The molecule has 0 saturated heterocycles. The van der Waals surface area contributed by atoms with Gasteiger partial charge in [0.05, 0.1) is 11.7 Å². The molecule has 18 heavy (non-hydrogen) atoms. The number of hydrogen-bond donors (Lipinski definition) is 1. The van der Waals surface area contributed by atoms with Crippen molar-refractivity contribution in [2.75, 3.05) is 7.05 Å². The van der Waals surface area contributed by atoms with Crippen LogP contribution in [0.1, 0.15) is 17.3 Å². The molecule has 1 aromatic carbocycles. The van der Waals surface area contributed by atoms with E-state index in [1.807, 2.05) is 26.2 Å². The molecule has 1 heterocycles. The molecule has 0 radical (unpaired) electrons. The van der Waals surface area contributed by atoms with Gasteiger partial charge in [0.25, 0.3) is 0 Å². The van der Waals surface area contributed by atoms with E-state index in [4.69, 9.17) is 0 Å². The van der Waals surface area contributed by atoms with Gasteiger partial charge in [0.2, 0.25) is 0 Å². The molecular formula is C12H14Br2N4. The lowest BCUT2D eigenvalue weighted by Gasteiger charge is -2.17. The predicted molar refractivity (Wildman–Crippen MR) is 78.3 cm³/mol. The normalized spacial score (nSPS) is 12.7. The highest BCUT2D eigenvalue weighted by molar-refractivity contribution is 9.10. The third-order valence-corrected chi connectivity index (χ3v) is 4.23. The van der Waals surface area contributed by atoms with Crippen LogP contribution in [-0.2, 0) is 13.5 Å². The van der Waals surface area contributed by atoms with Gasteiger partial charge in [-0.25, -0.2) is 4.68 Å². The summed E-state index contributed by atoms with van der Waals surface area (Å²) >= 11 is 7.02. The molecular weight excluding hydrogens is 360 g/mol.